The van der Waals surface area contributed by atoms with Crippen LogP contribution in [0.5, 0.6) is 0 Å². The molecule has 0 bridgehead atoms. The highest BCUT2D eigenvalue weighted by molar-refractivity contribution is 7.99. The van der Waals surface area contributed by atoms with E-state index in [2.05, 4.69) is 6.92 Å². The topological polar surface area (TPSA) is 84.3 Å². The third-order valence-corrected chi connectivity index (χ3v) is 5.00. The van der Waals surface area contributed by atoms with Crippen LogP contribution in [0.2, 0.25) is 0 Å². The minimum Gasteiger partial charge on any atom is -0.390 e. The van der Waals surface area contributed by atoms with E-state index in [1.165, 1.54) is 19.3 Å². The van der Waals surface area contributed by atoms with Crippen LogP contribution in [0.4, 0.5) is 4.39 Å². The lowest BCUT2D eigenvalue weighted by molar-refractivity contribution is -0.00802. The first kappa shape index (κ1) is 18.2. The Morgan fingerprint density at radius 2 is 2.22 bits per heavy atom. The molecular weight excluding hydrogens is 323 g/mol. The number of aliphatic hydroxyl groups excluding tert-OH is 1. The van der Waals surface area contributed by atoms with Gasteiger partial charge in [-0.05, 0) is 12.2 Å². The van der Waals surface area contributed by atoms with Gasteiger partial charge in [-0.1, -0.05) is 26.2 Å². The van der Waals surface area contributed by atoms with Gasteiger partial charge in [-0.25, -0.2) is 4.79 Å². The summed E-state index contributed by atoms with van der Waals surface area (Å²) in [5.74, 6) is 0.589. The van der Waals surface area contributed by atoms with Gasteiger partial charge in [0, 0.05) is 12.2 Å². The van der Waals surface area contributed by atoms with Crippen molar-refractivity contribution >= 4 is 11.8 Å². The van der Waals surface area contributed by atoms with Crippen LogP contribution in [0.1, 0.15) is 45.3 Å². The lowest BCUT2D eigenvalue weighted by Crippen LogP contribution is -2.34. The van der Waals surface area contributed by atoms with Gasteiger partial charge >= 0.3 is 5.69 Å². The number of nitrogens with zero attached hydrogens (tertiary/aromatic N) is 1. The number of halogens is 1. The number of aliphatic hydroxyl groups is 1. The summed E-state index contributed by atoms with van der Waals surface area (Å²) >= 11 is 1.71. The molecule has 2 rings (SSSR count). The maximum absolute atomic E-state index is 13.3. The van der Waals surface area contributed by atoms with Gasteiger partial charge in [-0.15, -0.1) is 0 Å². The summed E-state index contributed by atoms with van der Waals surface area (Å²) in [6, 6.07) is 0. The van der Waals surface area contributed by atoms with Gasteiger partial charge in [0.2, 0.25) is 5.82 Å². The predicted octanol–water partition coefficient (Wildman–Crippen LogP) is 1.64. The van der Waals surface area contributed by atoms with E-state index in [1.807, 2.05) is 4.98 Å². The molecule has 0 aliphatic carbocycles. The number of rotatable bonds is 8. The lowest BCUT2D eigenvalue weighted by atomic mass is 10.2. The lowest BCUT2D eigenvalue weighted by Gasteiger charge is -2.15. The van der Waals surface area contributed by atoms with Crippen molar-refractivity contribution in [3.8, 4) is 0 Å². The van der Waals surface area contributed by atoms with Gasteiger partial charge in [0.25, 0.3) is 5.56 Å². The highest BCUT2D eigenvalue weighted by Gasteiger charge is 2.35. The highest BCUT2D eigenvalue weighted by atomic mass is 32.2. The number of thioether (sulfide) groups is 1. The number of ether oxygens (including phenoxy) is 1. The molecule has 1 fully saturated rings. The van der Waals surface area contributed by atoms with Crippen LogP contribution in [0.3, 0.4) is 0 Å². The van der Waals surface area contributed by atoms with Crippen LogP contribution in [-0.4, -0.2) is 38.4 Å². The van der Waals surface area contributed by atoms with Gasteiger partial charge in [0.15, 0.2) is 0 Å². The van der Waals surface area contributed by atoms with Crippen molar-refractivity contribution in [1.82, 2.24) is 9.55 Å². The standard InChI is InChI=1S/C15H23FN2O4S/c1-2-3-4-5-6-23-9-12-11(19)7-13(22-12)18-8-10(16)14(20)17-15(18)21/h8,11-13,19H,2-7,9H2,1H3,(H,17,20,21)/t11-,12+,13+/m0/s1. The monoisotopic (exact) mass is 346 g/mol. The molecule has 1 aromatic rings. The number of hydrogen-bond donors (Lipinski definition) is 2. The maximum atomic E-state index is 13.3. The molecule has 2 N–H and O–H groups in total. The molecule has 0 aromatic carbocycles. The first-order chi connectivity index (χ1) is 11.0. The van der Waals surface area contributed by atoms with Crippen molar-refractivity contribution in [1.29, 1.82) is 0 Å². The van der Waals surface area contributed by atoms with Crippen LogP contribution >= 0.6 is 11.8 Å². The van der Waals surface area contributed by atoms with E-state index in [1.54, 1.807) is 11.8 Å². The summed E-state index contributed by atoms with van der Waals surface area (Å²) in [5.41, 5.74) is -1.79. The van der Waals surface area contributed by atoms with E-state index < -0.39 is 35.5 Å². The summed E-state index contributed by atoms with van der Waals surface area (Å²) < 4.78 is 20.0. The van der Waals surface area contributed by atoms with E-state index in [9.17, 15) is 19.1 Å². The van der Waals surface area contributed by atoms with Crippen LogP contribution in [-0.2, 0) is 4.74 Å². The normalized spacial score (nSPS) is 24.2. The quantitative estimate of drug-likeness (QED) is 0.699. The molecule has 1 aliphatic rings. The molecule has 3 atom stereocenters. The molecule has 2 heterocycles. The molecule has 23 heavy (non-hydrogen) atoms. The molecule has 0 unspecified atom stereocenters. The Morgan fingerprint density at radius 1 is 1.43 bits per heavy atom. The van der Waals surface area contributed by atoms with Crippen LogP contribution < -0.4 is 11.2 Å². The molecule has 0 saturated carbocycles. The van der Waals surface area contributed by atoms with Crippen molar-refractivity contribution in [3.63, 3.8) is 0 Å². The molecule has 130 valence electrons. The Kier molecular flexibility index (Phi) is 6.86. The number of aromatic nitrogens is 2. The zero-order chi connectivity index (χ0) is 16.8. The fraction of sp³-hybridized carbons (Fsp3) is 0.733. The minimum absolute atomic E-state index is 0.201. The van der Waals surface area contributed by atoms with Crippen molar-refractivity contribution < 1.29 is 14.2 Å². The summed E-state index contributed by atoms with van der Waals surface area (Å²) in [5, 5.41) is 10.1. The summed E-state index contributed by atoms with van der Waals surface area (Å²) in [4.78, 5) is 24.7. The predicted molar refractivity (Wildman–Crippen MR) is 87.3 cm³/mol. The SMILES string of the molecule is CCCCCCSC[C@H]1O[C@@H](n2cc(F)c(=O)[nH]c2=O)C[C@@H]1O. The highest BCUT2D eigenvalue weighted by Crippen LogP contribution is 2.29. The van der Waals surface area contributed by atoms with Crippen molar-refractivity contribution in [2.24, 2.45) is 0 Å². The van der Waals surface area contributed by atoms with Crippen molar-refractivity contribution in [3.05, 3.63) is 32.9 Å². The van der Waals surface area contributed by atoms with Crippen molar-refractivity contribution in [2.75, 3.05) is 11.5 Å². The zero-order valence-corrected chi connectivity index (χ0v) is 14.0. The second kappa shape index (κ2) is 8.65. The molecule has 1 saturated heterocycles. The van der Waals surface area contributed by atoms with E-state index in [4.69, 9.17) is 4.74 Å². The third kappa shape index (κ3) is 4.92. The van der Waals surface area contributed by atoms with Crippen LogP contribution in [0, 0.1) is 5.82 Å². The fourth-order valence-corrected chi connectivity index (χ4v) is 3.65. The molecule has 0 amide bonds. The van der Waals surface area contributed by atoms with Crippen molar-refractivity contribution in [2.45, 2.75) is 57.5 Å². The molecule has 8 heteroatoms. The van der Waals surface area contributed by atoms with Gasteiger partial charge in [-0.2, -0.15) is 16.2 Å². The van der Waals surface area contributed by atoms with Crippen LogP contribution in [0.15, 0.2) is 15.8 Å². The van der Waals surface area contributed by atoms with E-state index >= 15 is 0 Å². The minimum atomic E-state index is -1.05. The summed E-state index contributed by atoms with van der Waals surface area (Å²) in [7, 11) is 0. The Morgan fingerprint density at radius 3 is 2.96 bits per heavy atom. The third-order valence-electron chi connectivity index (χ3n) is 3.86. The first-order valence-electron chi connectivity index (χ1n) is 7.95. The van der Waals surface area contributed by atoms with Gasteiger partial charge in [0.1, 0.15) is 6.23 Å². The smallest absolute Gasteiger partial charge is 0.330 e. The number of nitrogens with one attached hydrogen (secondary N) is 1. The molecule has 6 nitrogen and oxygen atoms in total. The largest absolute Gasteiger partial charge is 0.390 e. The molecule has 0 spiro atoms. The van der Waals surface area contributed by atoms with E-state index in [0.717, 1.165) is 22.9 Å². The molecule has 1 aromatic heterocycles. The van der Waals surface area contributed by atoms with E-state index in [0.29, 0.717) is 5.75 Å². The van der Waals surface area contributed by atoms with E-state index in [-0.39, 0.29) is 6.42 Å². The summed E-state index contributed by atoms with van der Waals surface area (Å²) in [6.45, 7) is 2.16. The first-order valence-corrected chi connectivity index (χ1v) is 9.10. The Bertz CT molecular complexity index is 618. The number of unbranched alkanes of at least 4 members (excludes halogenated alkanes) is 3. The Balaban J connectivity index is 1.87. The second-order valence-corrected chi connectivity index (χ2v) is 6.86. The van der Waals surface area contributed by atoms with Gasteiger partial charge < -0.3 is 9.84 Å². The summed E-state index contributed by atoms with van der Waals surface area (Å²) in [6.07, 6.45) is 3.94. The average Bonchev–Trinajstić information content (AvgIpc) is 2.87. The van der Waals surface area contributed by atoms with Gasteiger partial charge in [-0.3, -0.25) is 14.3 Å². The number of aromatic amines is 1. The average molecular weight is 346 g/mol. The molecular formula is C15H23FN2O4S. The van der Waals surface area contributed by atoms with Gasteiger partial charge in [0.05, 0.1) is 18.4 Å². The second-order valence-electron chi connectivity index (χ2n) is 5.71. The van der Waals surface area contributed by atoms with Crippen LogP contribution in [0.25, 0.3) is 0 Å². The molecule has 0 radical (unpaired) electrons. The Labute approximate surface area is 138 Å². The Hall–Kier alpha value is -1.12. The molecule has 1 aliphatic heterocycles. The zero-order valence-electron chi connectivity index (χ0n) is 13.2. The fourth-order valence-electron chi connectivity index (χ4n) is 2.54. The number of hydrogen-bond acceptors (Lipinski definition) is 5. The number of H-pyrrole nitrogens is 1. The maximum Gasteiger partial charge on any atom is 0.330 e.